The van der Waals surface area contributed by atoms with Gasteiger partial charge in [-0.3, -0.25) is 14.6 Å². The topological polar surface area (TPSA) is 52.6 Å². The highest BCUT2D eigenvalue weighted by Crippen LogP contribution is 2.33. The number of carbonyl (C=O) groups excluding carboxylic acids is 2. The average Bonchev–Trinajstić information content (AvgIpc) is 3.21. The van der Waals surface area contributed by atoms with E-state index in [0.717, 1.165) is 22.6 Å². The molecule has 4 nitrogen and oxygen atoms in total. The van der Waals surface area contributed by atoms with Gasteiger partial charge in [-0.15, -0.1) is 11.3 Å². The van der Waals surface area contributed by atoms with E-state index in [-0.39, 0.29) is 12.2 Å². The van der Waals surface area contributed by atoms with E-state index in [4.69, 9.17) is 4.89 Å². The summed E-state index contributed by atoms with van der Waals surface area (Å²) in [7, 11) is 0. The SMILES string of the molecule is CC(=O)OOc1ccc(CCC(=O)c2ccc(-c3ccc(C(F)(F)F)cc3)s2)cc1Br. The van der Waals surface area contributed by atoms with Gasteiger partial charge >= 0.3 is 12.1 Å². The van der Waals surface area contributed by atoms with Crippen LogP contribution in [-0.2, 0) is 22.3 Å². The Labute approximate surface area is 188 Å². The van der Waals surface area contributed by atoms with Gasteiger partial charge in [-0.1, -0.05) is 18.2 Å². The van der Waals surface area contributed by atoms with Crippen molar-refractivity contribution in [3.8, 4) is 16.2 Å². The van der Waals surface area contributed by atoms with Crippen LogP contribution in [0.5, 0.6) is 5.75 Å². The maximum absolute atomic E-state index is 12.7. The molecule has 0 aliphatic rings. The number of benzene rings is 2. The minimum atomic E-state index is -4.38. The summed E-state index contributed by atoms with van der Waals surface area (Å²) in [6, 6.07) is 13.4. The number of halogens is 4. The highest BCUT2D eigenvalue weighted by atomic mass is 79.9. The molecule has 0 bridgehead atoms. The number of hydrogen-bond acceptors (Lipinski definition) is 5. The van der Waals surface area contributed by atoms with Gasteiger partial charge in [-0.05, 0) is 69.9 Å². The van der Waals surface area contributed by atoms with Crippen molar-refractivity contribution in [1.82, 2.24) is 0 Å². The zero-order valence-electron chi connectivity index (χ0n) is 16.2. The molecule has 3 aromatic rings. The van der Waals surface area contributed by atoms with Crippen LogP contribution >= 0.6 is 27.3 Å². The zero-order valence-corrected chi connectivity index (χ0v) is 18.6. The molecule has 0 aliphatic carbocycles. The number of Topliss-reactive ketones (excluding diaryl/α,β-unsaturated/α-hetero) is 1. The highest BCUT2D eigenvalue weighted by Gasteiger charge is 2.30. The quantitative estimate of drug-likeness (QED) is 0.197. The summed E-state index contributed by atoms with van der Waals surface area (Å²) >= 11 is 4.58. The maximum Gasteiger partial charge on any atom is 0.416 e. The molecule has 162 valence electrons. The lowest BCUT2D eigenvalue weighted by Crippen LogP contribution is -2.03. The lowest BCUT2D eigenvalue weighted by atomic mass is 10.1. The fourth-order valence-corrected chi connectivity index (χ4v) is 4.19. The van der Waals surface area contributed by atoms with Crippen molar-refractivity contribution in [3.63, 3.8) is 0 Å². The Morgan fingerprint density at radius 2 is 1.74 bits per heavy atom. The molecule has 2 aromatic carbocycles. The second-order valence-electron chi connectivity index (χ2n) is 6.59. The average molecular weight is 513 g/mol. The van der Waals surface area contributed by atoms with Crippen molar-refractivity contribution in [3.05, 3.63) is 75.1 Å². The van der Waals surface area contributed by atoms with Crippen LogP contribution in [0.15, 0.2) is 59.1 Å². The molecule has 0 unspecified atom stereocenters. The number of hydrogen-bond donors (Lipinski definition) is 0. The van der Waals surface area contributed by atoms with Crippen molar-refractivity contribution in [2.24, 2.45) is 0 Å². The van der Waals surface area contributed by atoms with Crippen LogP contribution in [0.4, 0.5) is 13.2 Å². The first-order valence-electron chi connectivity index (χ1n) is 9.07. The van der Waals surface area contributed by atoms with E-state index in [2.05, 4.69) is 20.8 Å². The third-order valence-electron chi connectivity index (χ3n) is 4.26. The minimum absolute atomic E-state index is 0.0560. The molecule has 0 radical (unpaired) electrons. The molecule has 0 amide bonds. The van der Waals surface area contributed by atoms with Crippen LogP contribution < -0.4 is 4.89 Å². The van der Waals surface area contributed by atoms with Crippen molar-refractivity contribution in [2.75, 3.05) is 0 Å². The Hall–Kier alpha value is -2.65. The zero-order chi connectivity index (χ0) is 22.6. The fourth-order valence-electron chi connectivity index (χ4n) is 2.72. The van der Waals surface area contributed by atoms with Gasteiger partial charge in [0.05, 0.1) is 14.9 Å². The van der Waals surface area contributed by atoms with Crippen LogP contribution in [0.1, 0.15) is 34.1 Å². The summed E-state index contributed by atoms with van der Waals surface area (Å²) in [5, 5.41) is 0. The summed E-state index contributed by atoms with van der Waals surface area (Å²) in [5.74, 6) is -0.294. The Morgan fingerprint density at radius 3 is 2.35 bits per heavy atom. The normalized spacial score (nSPS) is 11.3. The molecule has 0 aliphatic heterocycles. The van der Waals surface area contributed by atoms with Gasteiger partial charge in [0.15, 0.2) is 11.5 Å². The van der Waals surface area contributed by atoms with E-state index >= 15 is 0 Å². The molecule has 0 atom stereocenters. The Morgan fingerprint density at radius 1 is 1.03 bits per heavy atom. The smallest absolute Gasteiger partial charge is 0.293 e. The van der Waals surface area contributed by atoms with Crippen molar-refractivity contribution < 1.29 is 32.5 Å². The molecule has 1 heterocycles. The second kappa shape index (κ2) is 9.65. The Balaban J connectivity index is 1.61. The molecule has 0 fully saturated rings. The van der Waals surface area contributed by atoms with Gasteiger partial charge in [-0.2, -0.15) is 13.2 Å². The summed E-state index contributed by atoms with van der Waals surface area (Å²) in [6.45, 7) is 1.22. The largest absolute Gasteiger partial charge is 0.416 e. The van der Waals surface area contributed by atoms with Crippen LogP contribution in [0.25, 0.3) is 10.4 Å². The molecule has 3 rings (SSSR count). The Bertz CT molecular complexity index is 1090. The van der Waals surface area contributed by atoms with Gasteiger partial charge in [0, 0.05) is 18.2 Å². The Kier molecular flexibility index (Phi) is 7.17. The molecular weight excluding hydrogens is 497 g/mol. The number of ketones is 1. The van der Waals surface area contributed by atoms with Gasteiger partial charge in [0.2, 0.25) is 0 Å². The molecule has 0 spiro atoms. The van der Waals surface area contributed by atoms with Crippen LogP contribution in [-0.4, -0.2) is 11.8 Å². The number of alkyl halides is 3. The van der Waals surface area contributed by atoms with E-state index in [1.54, 1.807) is 30.3 Å². The summed E-state index contributed by atoms with van der Waals surface area (Å²) < 4.78 is 38.7. The van der Waals surface area contributed by atoms with Gasteiger partial charge in [0.1, 0.15) is 0 Å². The van der Waals surface area contributed by atoms with Crippen LogP contribution in [0, 0.1) is 0 Å². The molecule has 31 heavy (non-hydrogen) atoms. The summed E-state index contributed by atoms with van der Waals surface area (Å²) in [6.07, 6.45) is -3.63. The van der Waals surface area contributed by atoms with E-state index in [0.29, 0.717) is 27.1 Å². The minimum Gasteiger partial charge on any atom is -0.293 e. The first-order chi connectivity index (χ1) is 14.6. The molecular formula is C22H16BrF3O4S. The first kappa shape index (κ1) is 23.0. The second-order valence-corrected chi connectivity index (χ2v) is 8.52. The van der Waals surface area contributed by atoms with E-state index in [1.165, 1.54) is 30.4 Å². The fraction of sp³-hybridized carbons (Fsp3) is 0.182. The van der Waals surface area contributed by atoms with Gasteiger partial charge in [-0.25, -0.2) is 4.79 Å². The van der Waals surface area contributed by atoms with Crippen molar-refractivity contribution >= 4 is 39.0 Å². The lowest BCUT2D eigenvalue weighted by Gasteiger charge is -2.07. The molecule has 0 N–H and O–H groups in total. The number of carbonyl (C=O) groups is 2. The van der Waals surface area contributed by atoms with Crippen LogP contribution in [0.2, 0.25) is 0 Å². The molecule has 1 aromatic heterocycles. The third kappa shape index (κ3) is 6.18. The predicted molar refractivity (Wildman–Crippen MR) is 114 cm³/mol. The maximum atomic E-state index is 12.7. The number of aryl methyl sites for hydroxylation is 1. The van der Waals surface area contributed by atoms with E-state index in [1.807, 2.05) is 0 Å². The van der Waals surface area contributed by atoms with E-state index < -0.39 is 17.7 Å². The number of thiophene rings is 1. The lowest BCUT2D eigenvalue weighted by molar-refractivity contribution is -0.211. The van der Waals surface area contributed by atoms with Crippen molar-refractivity contribution in [1.29, 1.82) is 0 Å². The third-order valence-corrected chi connectivity index (χ3v) is 6.06. The van der Waals surface area contributed by atoms with Crippen molar-refractivity contribution in [2.45, 2.75) is 25.9 Å². The standard InChI is InChI=1S/C22H16BrF3O4S/c1-13(27)29-30-19-9-3-14(12-17(19)23)2-8-18(28)21-11-10-20(31-21)15-4-6-16(7-5-15)22(24,25)26/h3-7,9-12H,2,8H2,1H3. The van der Waals surface area contributed by atoms with Gasteiger partial charge in [0.25, 0.3) is 0 Å². The predicted octanol–water partition coefficient (Wildman–Crippen LogP) is 6.87. The molecule has 0 saturated carbocycles. The number of rotatable bonds is 7. The highest BCUT2D eigenvalue weighted by molar-refractivity contribution is 9.10. The molecule has 0 saturated heterocycles. The summed E-state index contributed by atoms with van der Waals surface area (Å²) in [4.78, 5) is 34.0. The molecule has 9 heteroatoms. The monoisotopic (exact) mass is 512 g/mol. The first-order valence-corrected chi connectivity index (χ1v) is 10.7. The summed E-state index contributed by atoms with van der Waals surface area (Å²) in [5.41, 5.74) is 0.804. The van der Waals surface area contributed by atoms with Gasteiger partial charge < -0.3 is 0 Å². The van der Waals surface area contributed by atoms with Crippen LogP contribution in [0.3, 0.4) is 0 Å². The van der Waals surface area contributed by atoms with E-state index in [9.17, 15) is 22.8 Å².